The van der Waals surface area contributed by atoms with Crippen LogP contribution in [0, 0.1) is 11.7 Å². The number of rotatable bonds is 6. The molecule has 2 atom stereocenters. The molecule has 0 spiro atoms. The van der Waals surface area contributed by atoms with Crippen molar-refractivity contribution < 1.29 is 9.18 Å². The van der Waals surface area contributed by atoms with Crippen molar-refractivity contribution in [2.45, 2.75) is 32.9 Å². The monoisotopic (exact) mass is 348 g/mol. The fraction of sp³-hybridized carbons (Fsp3) is 0.316. The summed E-state index contributed by atoms with van der Waals surface area (Å²) in [7, 11) is 0. The largest absolute Gasteiger partial charge is 0.323 e. The molecule has 5 heteroatoms. The van der Waals surface area contributed by atoms with Crippen molar-refractivity contribution in [2.24, 2.45) is 5.92 Å². The van der Waals surface area contributed by atoms with E-state index < -0.39 is 11.9 Å². The van der Waals surface area contributed by atoms with Crippen molar-refractivity contribution in [3.8, 4) is 0 Å². The Hall–Kier alpha value is -1.91. The highest BCUT2D eigenvalue weighted by molar-refractivity contribution is 6.33. The van der Waals surface area contributed by atoms with E-state index in [1.807, 2.05) is 30.3 Å². The van der Waals surface area contributed by atoms with E-state index in [0.29, 0.717) is 11.6 Å². The lowest BCUT2D eigenvalue weighted by Gasteiger charge is -2.26. The van der Waals surface area contributed by atoms with Gasteiger partial charge in [0.1, 0.15) is 5.82 Å². The summed E-state index contributed by atoms with van der Waals surface area (Å²) in [6, 6.07) is 13.5. The molecular formula is C19H22ClFN2O. The normalized spacial score (nSPS) is 13.6. The lowest BCUT2D eigenvalue weighted by atomic mass is 9.95. The number of carbonyl (C=O) groups is 1. The van der Waals surface area contributed by atoms with Crippen LogP contribution < -0.4 is 10.6 Å². The van der Waals surface area contributed by atoms with Gasteiger partial charge in [-0.1, -0.05) is 55.8 Å². The molecule has 2 N–H and O–H groups in total. The molecule has 2 aromatic rings. The van der Waals surface area contributed by atoms with Gasteiger partial charge in [-0.3, -0.25) is 10.1 Å². The zero-order valence-electron chi connectivity index (χ0n) is 14.0. The van der Waals surface area contributed by atoms with Gasteiger partial charge in [0.2, 0.25) is 5.91 Å². The van der Waals surface area contributed by atoms with Crippen molar-refractivity contribution in [1.29, 1.82) is 0 Å². The van der Waals surface area contributed by atoms with Crippen LogP contribution in [0.15, 0.2) is 48.5 Å². The number of hydrogen-bond acceptors (Lipinski definition) is 2. The van der Waals surface area contributed by atoms with Gasteiger partial charge in [-0.2, -0.15) is 0 Å². The SMILES string of the molecule is CC(C)[C@H](N[C@H](C)C(=O)Nc1ccc(F)cc1Cl)c1ccccc1. The highest BCUT2D eigenvalue weighted by Crippen LogP contribution is 2.24. The molecule has 128 valence electrons. The van der Waals surface area contributed by atoms with E-state index in [-0.39, 0.29) is 17.0 Å². The number of amides is 1. The molecular weight excluding hydrogens is 327 g/mol. The highest BCUT2D eigenvalue weighted by atomic mass is 35.5. The Bertz CT molecular complexity index is 691. The van der Waals surface area contributed by atoms with Crippen LogP contribution in [0.3, 0.4) is 0 Å². The van der Waals surface area contributed by atoms with Gasteiger partial charge in [-0.25, -0.2) is 4.39 Å². The molecule has 0 fully saturated rings. The number of hydrogen-bond donors (Lipinski definition) is 2. The Kier molecular flexibility index (Phi) is 6.35. The van der Waals surface area contributed by atoms with Crippen LogP contribution >= 0.6 is 11.6 Å². The molecule has 1 amide bonds. The summed E-state index contributed by atoms with van der Waals surface area (Å²) in [6.45, 7) is 6.00. The minimum atomic E-state index is -0.437. The summed E-state index contributed by atoms with van der Waals surface area (Å²) >= 11 is 5.96. The highest BCUT2D eigenvalue weighted by Gasteiger charge is 2.22. The maximum atomic E-state index is 13.1. The number of nitrogens with one attached hydrogen (secondary N) is 2. The van der Waals surface area contributed by atoms with E-state index in [9.17, 15) is 9.18 Å². The second-order valence-corrected chi connectivity index (χ2v) is 6.54. The van der Waals surface area contributed by atoms with Gasteiger partial charge in [0.25, 0.3) is 0 Å². The van der Waals surface area contributed by atoms with Gasteiger partial charge in [-0.15, -0.1) is 0 Å². The predicted octanol–water partition coefficient (Wildman–Crippen LogP) is 4.79. The molecule has 0 aliphatic carbocycles. The molecule has 0 aliphatic rings. The Morgan fingerprint density at radius 1 is 1.08 bits per heavy atom. The van der Waals surface area contributed by atoms with Crippen LogP contribution in [-0.4, -0.2) is 11.9 Å². The Morgan fingerprint density at radius 2 is 1.75 bits per heavy atom. The number of halogens is 2. The van der Waals surface area contributed by atoms with Crippen LogP contribution in [0.2, 0.25) is 5.02 Å². The average Bonchev–Trinajstić information content (AvgIpc) is 2.55. The van der Waals surface area contributed by atoms with Crippen LogP contribution in [0.4, 0.5) is 10.1 Å². The van der Waals surface area contributed by atoms with Gasteiger partial charge in [0, 0.05) is 6.04 Å². The summed E-state index contributed by atoms with van der Waals surface area (Å²) in [5, 5.41) is 6.27. The first-order valence-electron chi connectivity index (χ1n) is 7.95. The second kappa shape index (κ2) is 8.27. The standard InChI is InChI=1S/C19H22ClFN2O/c1-12(2)18(14-7-5-4-6-8-14)22-13(3)19(24)23-17-10-9-15(21)11-16(17)20/h4-13,18,22H,1-3H3,(H,23,24)/t13-,18+/m1/s1. The predicted molar refractivity (Wildman–Crippen MR) is 96.7 cm³/mol. The van der Waals surface area contributed by atoms with E-state index in [0.717, 1.165) is 5.56 Å². The van der Waals surface area contributed by atoms with Gasteiger partial charge >= 0.3 is 0 Å². The van der Waals surface area contributed by atoms with Crippen molar-refractivity contribution in [3.63, 3.8) is 0 Å². The fourth-order valence-corrected chi connectivity index (χ4v) is 2.73. The summed E-state index contributed by atoms with van der Waals surface area (Å²) in [6.07, 6.45) is 0. The zero-order valence-corrected chi connectivity index (χ0v) is 14.8. The van der Waals surface area contributed by atoms with Crippen molar-refractivity contribution >= 4 is 23.2 Å². The van der Waals surface area contributed by atoms with E-state index in [1.165, 1.54) is 18.2 Å². The van der Waals surface area contributed by atoms with E-state index in [1.54, 1.807) is 6.92 Å². The Labute approximate surface area is 147 Å². The Balaban J connectivity index is 2.06. The molecule has 0 unspecified atom stereocenters. The molecule has 0 saturated carbocycles. The number of carbonyl (C=O) groups excluding carboxylic acids is 1. The van der Waals surface area contributed by atoms with Gasteiger partial charge in [0.15, 0.2) is 0 Å². The summed E-state index contributed by atoms with van der Waals surface area (Å²) in [5.41, 5.74) is 1.53. The van der Waals surface area contributed by atoms with Gasteiger partial charge in [0.05, 0.1) is 16.8 Å². The molecule has 3 nitrogen and oxygen atoms in total. The zero-order chi connectivity index (χ0) is 17.7. The van der Waals surface area contributed by atoms with Crippen molar-refractivity contribution in [3.05, 3.63) is 64.9 Å². The topological polar surface area (TPSA) is 41.1 Å². The molecule has 0 saturated heterocycles. The first-order chi connectivity index (χ1) is 11.4. The van der Waals surface area contributed by atoms with Gasteiger partial charge < -0.3 is 5.32 Å². The average molecular weight is 349 g/mol. The third kappa shape index (κ3) is 4.79. The summed E-state index contributed by atoms with van der Waals surface area (Å²) < 4.78 is 13.1. The molecule has 0 heterocycles. The van der Waals surface area contributed by atoms with E-state index in [2.05, 4.69) is 24.5 Å². The van der Waals surface area contributed by atoms with Crippen LogP contribution in [-0.2, 0) is 4.79 Å². The fourth-order valence-electron chi connectivity index (χ4n) is 2.51. The summed E-state index contributed by atoms with van der Waals surface area (Å²) in [5.74, 6) is -0.338. The third-order valence-corrected chi connectivity index (χ3v) is 4.15. The van der Waals surface area contributed by atoms with Crippen LogP contribution in [0.5, 0.6) is 0 Å². The minimum Gasteiger partial charge on any atom is -0.323 e. The van der Waals surface area contributed by atoms with Gasteiger partial charge in [-0.05, 0) is 36.6 Å². The third-order valence-electron chi connectivity index (χ3n) is 3.84. The number of anilines is 1. The van der Waals surface area contributed by atoms with E-state index in [4.69, 9.17) is 11.6 Å². The quantitative estimate of drug-likeness (QED) is 0.787. The second-order valence-electron chi connectivity index (χ2n) is 6.13. The molecule has 0 bridgehead atoms. The molecule has 2 aromatic carbocycles. The maximum absolute atomic E-state index is 13.1. The molecule has 24 heavy (non-hydrogen) atoms. The molecule has 2 rings (SSSR count). The lowest BCUT2D eigenvalue weighted by Crippen LogP contribution is -2.41. The molecule has 0 aromatic heterocycles. The number of benzene rings is 2. The lowest BCUT2D eigenvalue weighted by molar-refractivity contribution is -0.118. The van der Waals surface area contributed by atoms with E-state index >= 15 is 0 Å². The molecule has 0 aliphatic heterocycles. The van der Waals surface area contributed by atoms with Crippen molar-refractivity contribution in [2.75, 3.05) is 5.32 Å². The van der Waals surface area contributed by atoms with Crippen LogP contribution in [0.1, 0.15) is 32.4 Å². The Morgan fingerprint density at radius 3 is 2.33 bits per heavy atom. The van der Waals surface area contributed by atoms with Crippen LogP contribution in [0.25, 0.3) is 0 Å². The molecule has 0 radical (unpaired) electrons. The summed E-state index contributed by atoms with van der Waals surface area (Å²) in [4.78, 5) is 12.4. The van der Waals surface area contributed by atoms with Crippen molar-refractivity contribution in [1.82, 2.24) is 5.32 Å². The first-order valence-corrected chi connectivity index (χ1v) is 8.33. The smallest absolute Gasteiger partial charge is 0.241 e. The first kappa shape index (κ1) is 18.4. The maximum Gasteiger partial charge on any atom is 0.241 e. The minimum absolute atomic E-state index is 0.0515.